The number of hydrogen-bond acceptors (Lipinski definition) is 4. The summed E-state index contributed by atoms with van der Waals surface area (Å²) in [4.78, 5) is 0. The number of aromatic nitrogens is 1. The van der Waals surface area contributed by atoms with Crippen LogP contribution in [-0.4, -0.2) is 16.6 Å². The van der Waals surface area contributed by atoms with Gasteiger partial charge in [-0.2, -0.15) is 0 Å². The van der Waals surface area contributed by atoms with Crippen LogP contribution < -0.4 is 4.74 Å². The number of alkyl halides is 3. The highest BCUT2D eigenvalue weighted by atomic mass is 19.4. The number of ether oxygens (including phenoxy) is 1. The number of para-hydroxylation sites is 1. The van der Waals surface area contributed by atoms with E-state index in [4.69, 9.17) is 4.52 Å². The third kappa shape index (κ3) is 4.04. The van der Waals surface area contributed by atoms with Gasteiger partial charge in [0.15, 0.2) is 0 Å². The predicted molar refractivity (Wildman–Crippen MR) is 77.9 cm³/mol. The quantitative estimate of drug-likeness (QED) is 0.888. The average molecular weight is 329 g/mol. The Labute approximate surface area is 131 Å². The second-order valence-corrected chi connectivity index (χ2v) is 4.85. The summed E-state index contributed by atoms with van der Waals surface area (Å²) in [7, 11) is 0. The van der Waals surface area contributed by atoms with Crippen LogP contribution in [-0.2, 0) is 6.61 Å². The third-order valence-electron chi connectivity index (χ3n) is 3.29. The van der Waals surface area contributed by atoms with Crippen molar-refractivity contribution in [2.24, 2.45) is 0 Å². The molecular formula is C16H18F3NO3. The summed E-state index contributed by atoms with van der Waals surface area (Å²) in [6.07, 6.45) is -2.93. The van der Waals surface area contributed by atoms with Crippen LogP contribution in [0.15, 0.2) is 28.8 Å². The van der Waals surface area contributed by atoms with Gasteiger partial charge in [-0.05, 0) is 25.0 Å². The van der Waals surface area contributed by atoms with Crippen molar-refractivity contribution in [3.63, 3.8) is 0 Å². The second-order valence-electron chi connectivity index (χ2n) is 4.85. The fourth-order valence-corrected chi connectivity index (χ4v) is 2.23. The first-order valence-electron chi connectivity index (χ1n) is 7.44. The lowest BCUT2D eigenvalue weighted by atomic mass is 10.0. The highest BCUT2D eigenvalue weighted by molar-refractivity contribution is 5.70. The number of rotatable bonds is 4. The Morgan fingerprint density at radius 3 is 2.48 bits per heavy atom. The summed E-state index contributed by atoms with van der Waals surface area (Å²) < 4.78 is 46.6. The lowest BCUT2D eigenvalue weighted by Gasteiger charge is -2.12. The molecular weight excluding hydrogens is 311 g/mol. The van der Waals surface area contributed by atoms with Gasteiger partial charge in [0.05, 0.1) is 6.61 Å². The highest BCUT2D eigenvalue weighted by Gasteiger charge is 2.35. The molecule has 1 N–H and O–H groups in total. The van der Waals surface area contributed by atoms with Gasteiger partial charge >= 0.3 is 6.36 Å². The fourth-order valence-electron chi connectivity index (χ4n) is 2.23. The molecule has 0 amide bonds. The van der Waals surface area contributed by atoms with Crippen LogP contribution in [0.4, 0.5) is 13.2 Å². The van der Waals surface area contributed by atoms with Gasteiger partial charge in [0.25, 0.3) is 0 Å². The second kappa shape index (κ2) is 7.04. The van der Waals surface area contributed by atoms with Gasteiger partial charge < -0.3 is 14.4 Å². The molecule has 7 heteroatoms. The smallest absolute Gasteiger partial charge is 0.405 e. The third-order valence-corrected chi connectivity index (χ3v) is 3.29. The van der Waals surface area contributed by atoms with E-state index in [2.05, 4.69) is 9.89 Å². The zero-order chi connectivity index (χ0) is 17.0. The van der Waals surface area contributed by atoms with Gasteiger partial charge in [-0.1, -0.05) is 31.1 Å². The Morgan fingerprint density at radius 2 is 1.91 bits per heavy atom. The summed E-state index contributed by atoms with van der Waals surface area (Å²) >= 11 is 0. The normalized spacial score (nSPS) is 14.2. The molecule has 0 atom stereocenters. The molecule has 0 radical (unpaired) electrons. The molecule has 3 rings (SSSR count). The van der Waals surface area contributed by atoms with Crippen molar-refractivity contribution >= 4 is 0 Å². The molecule has 0 saturated heterocycles. The van der Waals surface area contributed by atoms with Crippen molar-refractivity contribution < 1.29 is 27.5 Å². The highest BCUT2D eigenvalue weighted by Crippen LogP contribution is 2.45. The van der Waals surface area contributed by atoms with E-state index >= 15 is 0 Å². The zero-order valence-corrected chi connectivity index (χ0v) is 12.9. The topological polar surface area (TPSA) is 55.5 Å². The minimum absolute atomic E-state index is 0.148. The van der Waals surface area contributed by atoms with Crippen molar-refractivity contribution in [2.75, 3.05) is 0 Å². The number of nitrogens with zero attached hydrogens (tertiary/aromatic N) is 1. The Morgan fingerprint density at radius 1 is 1.26 bits per heavy atom. The lowest BCUT2D eigenvalue weighted by Crippen LogP contribution is -2.17. The van der Waals surface area contributed by atoms with E-state index in [1.165, 1.54) is 18.2 Å². The molecule has 0 aliphatic heterocycles. The van der Waals surface area contributed by atoms with Crippen LogP contribution in [0, 0.1) is 0 Å². The molecule has 1 fully saturated rings. The first kappa shape index (κ1) is 17.3. The molecule has 1 aromatic heterocycles. The van der Waals surface area contributed by atoms with Gasteiger partial charge in [0.1, 0.15) is 17.2 Å². The maximum absolute atomic E-state index is 12.4. The van der Waals surface area contributed by atoms with E-state index in [-0.39, 0.29) is 29.5 Å². The number of halogens is 3. The van der Waals surface area contributed by atoms with Crippen LogP contribution in [0.25, 0.3) is 11.3 Å². The van der Waals surface area contributed by atoms with Crippen molar-refractivity contribution in [1.29, 1.82) is 0 Å². The molecule has 4 nitrogen and oxygen atoms in total. The maximum atomic E-state index is 12.4. The molecule has 126 valence electrons. The molecule has 23 heavy (non-hydrogen) atoms. The van der Waals surface area contributed by atoms with Crippen molar-refractivity contribution in [3.05, 3.63) is 35.6 Å². The van der Waals surface area contributed by atoms with Crippen LogP contribution in [0.3, 0.4) is 0 Å². The molecule has 0 unspecified atom stereocenters. The van der Waals surface area contributed by atoms with E-state index in [0.29, 0.717) is 11.3 Å². The van der Waals surface area contributed by atoms with E-state index in [1.807, 2.05) is 13.8 Å². The van der Waals surface area contributed by atoms with Crippen molar-refractivity contribution in [2.45, 2.75) is 45.6 Å². The van der Waals surface area contributed by atoms with Gasteiger partial charge in [-0.3, -0.25) is 0 Å². The molecule has 1 aliphatic rings. The molecule has 2 aromatic rings. The molecule has 1 heterocycles. The predicted octanol–water partition coefficient (Wildman–Crippen LogP) is 4.64. The van der Waals surface area contributed by atoms with Crippen LogP contribution >= 0.6 is 0 Å². The molecule has 0 bridgehead atoms. The Balaban J connectivity index is 0.000000924. The Kier molecular flexibility index (Phi) is 5.30. The summed E-state index contributed by atoms with van der Waals surface area (Å²) in [5, 5.41) is 13.3. The van der Waals surface area contributed by atoms with E-state index < -0.39 is 6.36 Å². The lowest BCUT2D eigenvalue weighted by molar-refractivity contribution is -0.274. The van der Waals surface area contributed by atoms with Crippen LogP contribution in [0.1, 0.15) is 43.9 Å². The van der Waals surface area contributed by atoms with Gasteiger partial charge in [-0.15, -0.1) is 13.2 Å². The summed E-state index contributed by atoms with van der Waals surface area (Å²) in [6.45, 7) is 3.66. The molecule has 1 saturated carbocycles. The molecule has 1 aliphatic carbocycles. The van der Waals surface area contributed by atoms with E-state index in [9.17, 15) is 18.3 Å². The van der Waals surface area contributed by atoms with Crippen molar-refractivity contribution in [1.82, 2.24) is 5.16 Å². The van der Waals surface area contributed by atoms with Gasteiger partial charge in [0, 0.05) is 17.0 Å². The van der Waals surface area contributed by atoms with E-state index in [1.54, 1.807) is 6.07 Å². The zero-order valence-electron chi connectivity index (χ0n) is 12.9. The maximum Gasteiger partial charge on any atom is 0.573 e. The number of hydrogen-bond donors (Lipinski definition) is 1. The van der Waals surface area contributed by atoms with Crippen LogP contribution in [0.5, 0.6) is 5.75 Å². The summed E-state index contributed by atoms with van der Waals surface area (Å²) in [5.41, 5.74) is 0.768. The monoisotopic (exact) mass is 329 g/mol. The number of benzene rings is 1. The fraction of sp³-hybridized carbons (Fsp3) is 0.438. The van der Waals surface area contributed by atoms with Gasteiger partial charge in [0.2, 0.25) is 0 Å². The van der Waals surface area contributed by atoms with Crippen LogP contribution in [0.2, 0.25) is 0 Å². The minimum atomic E-state index is -4.79. The first-order chi connectivity index (χ1) is 11.0. The Bertz CT molecular complexity index is 648. The number of aliphatic hydroxyl groups excluding tert-OH is 1. The standard InChI is InChI=1S/C14H12F3NO3.C2H6/c15-14(16,17)20-11-4-2-1-3-9(11)12-10(7-19)13(21-18-12)8-5-6-8;1-2/h1-4,8,19H,5-7H2;1-2H3. The van der Waals surface area contributed by atoms with Gasteiger partial charge in [-0.25, -0.2) is 0 Å². The SMILES string of the molecule is CC.OCc1c(-c2ccccc2OC(F)(F)F)noc1C1CC1. The Hall–Kier alpha value is -2.02. The summed E-state index contributed by atoms with van der Waals surface area (Å²) in [5.74, 6) is 0.383. The average Bonchev–Trinajstić information content (AvgIpc) is 3.28. The minimum Gasteiger partial charge on any atom is -0.405 e. The summed E-state index contributed by atoms with van der Waals surface area (Å²) in [6, 6.07) is 5.67. The van der Waals surface area contributed by atoms with E-state index in [0.717, 1.165) is 12.8 Å². The molecule has 0 spiro atoms. The first-order valence-corrected chi connectivity index (χ1v) is 7.44. The number of aliphatic hydroxyl groups is 1. The largest absolute Gasteiger partial charge is 0.573 e. The molecule has 1 aromatic carbocycles. The van der Waals surface area contributed by atoms with Crippen molar-refractivity contribution in [3.8, 4) is 17.0 Å².